The van der Waals surface area contributed by atoms with E-state index in [1.165, 1.54) is 12.8 Å². The summed E-state index contributed by atoms with van der Waals surface area (Å²) in [4.78, 5) is 25.1. The van der Waals surface area contributed by atoms with Gasteiger partial charge in [-0.1, -0.05) is 11.3 Å². The number of hydrogen-bond acceptors (Lipinski definition) is 6. The van der Waals surface area contributed by atoms with Gasteiger partial charge in [-0.2, -0.15) is 0 Å². The zero-order chi connectivity index (χ0) is 20.5. The number of hydrogen-bond donors (Lipinski definition) is 1. The second kappa shape index (κ2) is 8.40. The van der Waals surface area contributed by atoms with Gasteiger partial charge in [0.15, 0.2) is 5.13 Å². The topological polar surface area (TPSA) is 67.3 Å². The van der Waals surface area contributed by atoms with Crippen molar-refractivity contribution in [1.82, 2.24) is 15.3 Å². The summed E-state index contributed by atoms with van der Waals surface area (Å²) < 4.78 is 5.88. The number of carbonyl (C=O) groups is 1. The normalized spacial score (nSPS) is 22.0. The fourth-order valence-electron chi connectivity index (χ4n) is 3.96. The summed E-state index contributed by atoms with van der Waals surface area (Å²) in [5.74, 6) is 0.714. The number of aromatic nitrogens is 2. The van der Waals surface area contributed by atoms with Gasteiger partial charge >= 0.3 is 0 Å². The minimum absolute atomic E-state index is 0.128. The first-order valence-electron chi connectivity index (χ1n) is 10.5. The number of nitrogens with one attached hydrogen (secondary N) is 1. The molecule has 0 radical (unpaired) electrons. The molecule has 2 fully saturated rings. The molecule has 156 valence electrons. The van der Waals surface area contributed by atoms with Crippen LogP contribution < -0.4 is 10.2 Å². The number of amides is 1. The molecule has 1 aliphatic heterocycles. The molecular formula is C22H30N4O2S. The Morgan fingerprint density at radius 1 is 1.17 bits per heavy atom. The van der Waals surface area contributed by atoms with Crippen LogP contribution in [0, 0.1) is 19.8 Å². The number of rotatable bonds is 6. The first kappa shape index (κ1) is 20.3. The standard InChI is InChI=1S/C22H30N4O2S/c1-13-7-18(8-14(2)24-13)21-19(10-23-20(27)9-17-5-6-17)25-22(29-21)26-11-15(3)28-16(4)12-26/h7-8,15-17H,5-6,9-12H2,1-4H3,(H,23,27)/t15-,16+. The van der Waals surface area contributed by atoms with Gasteiger partial charge in [0.25, 0.3) is 0 Å². The Morgan fingerprint density at radius 3 is 2.45 bits per heavy atom. The molecule has 4 rings (SSSR count). The molecule has 1 N–H and O–H groups in total. The predicted octanol–water partition coefficient (Wildman–Crippen LogP) is 3.85. The number of aryl methyl sites for hydroxylation is 2. The molecule has 0 spiro atoms. The molecule has 7 heteroatoms. The smallest absolute Gasteiger partial charge is 0.220 e. The van der Waals surface area contributed by atoms with E-state index >= 15 is 0 Å². The molecule has 0 aromatic carbocycles. The lowest BCUT2D eigenvalue weighted by Gasteiger charge is -2.35. The monoisotopic (exact) mass is 414 g/mol. The molecule has 1 saturated heterocycles. The fraction of sp³-hybridized carbons (Fsp3) is 0.591. The zero-order valence-corrected chi connectivity index (χ0v) is 18.5. The summed E-state index contributed by atoms with van der Waals surface area (Å²) in [6, 6.07) is 4.20. The van der Waals surface area contributed by atoms with Crippen LogP contribution >= 0.6 is 11.3 Å². The highest BCUT2D eigenvalue weighted by Gasteiger charge is 2.27. The van der Waals surface area contributed by atoms with E-state index in [0.29, 0.717) is 18.9 Å². The molecule has 2 aromatic heterocycles. The average Bonchev–Trinajstić information content (AvgIpc) is 3.33. The summed E-state index contributed by atoms with van der Waals surface area (Å²) in [6.45, 7) is 10.4. The van der Waals surface area contributed by atoms with Gasteiger partial charge in [0, 0.05) is 30.9 Å². The lowest BCUT2D eigenvalue weighted by molar-refractivity contribution is -0.121. The van der Waals surface area contributed by atoms with Crippen LogP contribution in [0.1, 0.15) is 50.2 Å². The Kier molecular flexibility index (Phi) is 5.88. The van der Waals surface area contributed by atoms with Crippen molar-refractivity contribution in [2.24, 2.45) is 5.92 Å². The maximum atomic E-state index is 12.2. The molecule has 1 aliphatic carbocycles. The Bertz CT molecular complexity index is 863. The molecule has 2 aliphatic rings. The van der Waals surface area contributed by atoms with Gasteiger partial charge in [-0.25, -0.2) is 4.98 Å². The van der Waals surface area contributed by atoms with Gasteiger partial charge in [-0.15, -0.1) is 0 Å². The predicted molar refractivity (Wildman–Crippen MR) is 116 cm³/mol. The summed E-state index contributed by atoms with van der Waals surface area (Å²) in [6.07, 6.45) is 3.36. The Morgan fingerprint density at radius 2 is 1.83 bits per heavy atom. The first-order valence-corrected chi connectivity index (χ1v) is 11.3. The van der Waals surface area contributed by atoms with E-state index in [1.807, 2.05) is 13.8 Å². The van der Waals surface area contributed by atoms with Crippen LogP contribution in [0.2, 0.25) is 0 Å². The Balaban J connectivity index is 1.61. The van der Waals surface area contributed by atoms with Gasteiger partial charge in [0.2, 0.25) is 5.91 Å². The van der Waals surface area contributed by atoms with E-state index in [2.05, 4.69) is 41.2 Å². The maximum absolute atomic E-state index is 12.2. The highest BCUT2D eigenvalue weighted by molar-refractivity contribution is 7.19. The van der Waals surface area contributed by atoms with E-state index in [9.17, 15) is 4.79 Å². The first-order chi connectivity index (χ1) is 13.9. The van der Waals surface area contributed by atoms with Gasteiger partial charge in [0.05, 0.1) is 29.3 Å². The molecule has 2 aromatic rings. The van der Waals surface area contributed by atoms with Crippen LogP contribution in [0.4, 0.5) is 5.13 Å². The van der Waals surface area contributed by atoms with Gasteiger partial charge in [-0.05, 0) is 64.2 Å². The zero-order valence-electron chi connectivity index (χ0n) is 17.7. The number of nitrogens with zero attached hydrogens (tertiary/aromatic N) is 3. The number of thiazole rings is 1. The van der Waals surface area contributed by atoms with Crippen LogP contribution in [0.25, 0.3) is 10.4 Å². The van der Waals surface area contributed by atoms with Crippen LogP contribution in [-0.4, -0.2) is 41.2 Å². The van der Waals surface area contributed by atoms with Gasteiger partial charge in [-0.3, -0.25) is 9.78 Å². The summed E-state index contributed by atoms with van der Waals surface area (Å²) >= 11 is 1.70. The maximum Gasteiger partial charge on any atom is 0.220 e. The van der Waals surface area contributed by atoms with E-state index < -0.39 is 0 Å². The van der Waals surface area contributed by atoms with Crippen LogP contribution in [-0.2, 0) is 16.1 Å². The van der Waals surface area contributed by atoms with E-state index in [4.69, 9.17) is 9.72 Å². The highest BCUT2D eigenvalue weighted by Crippen LogP contribution is 2.37. The molecule has 1 amide bonds. The molecule has 0 unspecified atom stereocenters. The van der Waals surface area contributed by atoms with Crippen molar-refractivity contribution in [3.8, 4) is 10.4 Å². The van der Waals surface area contributed by atoms with Crippen molar-refractivity contribution in [1.29, 1.82) is 0 Å². The molecule has 3 heterocycles. The lowest BCUT2D eigenvalue weighted by atomic mass is 10.1. The van der Waals surface area contributed by atoms with E-state index in [0.717, 1.165) is 45.7 Å². The van der Waals surface area contributed by atoms with Crippen molar-refractivity contribution >= 4 is 22.4 Å². The minimum Gasteiger partial charge on any atom is -0.372 e. The van der Waals surface area contributed by atoms with Crippen molar-refractivity contribution in [2.45, 2.75) is 65.7 Å². The number of morpholine rings is 1. The Hall–Kier alpha value is -1.99. The number of pyridine rings is 1. The van der Waals surface area contributed by atoms with Crippen molar-refractivity contribution < 1.29 is 9.53 Å². The van der Waals surface area contributed by atoms with E-state index in [-0.39, 0.29) is 18.1 Å². The third-order valence-corrected chi connectivity index (χ3v) is 6.55. The molecule has 2 atom stereocenters. The Labute approximate surface area is 176 Å². The molecular weight excluding hydrogens is 384 g/mol. The van der Waals surface area contributed by atoms with Crippen molar-refractivity contribution in [3.63, 3.8) is 0 Å². The largest absolute Gasteiger partial charge is 0.372 e. The lowest BCUT2D eigenvalue weighted by Crippen LogP contribution is -2.45. The third-order valence-electron chi connectivity index (χ3n) is 5.34. The number of ether oxygens (including phenoxy) is 1. The van der Waals surface area contributed by atoms with Gasteiger partial charge < -0.3 is 15.0 Å². The summed E-state index contributed by atoms with van der Waals surface area (Å²) in [7, 11) is 0. The summed E-state index contributed by atoms with van der Waals surface area (Å²) in [5, 5.41) is 4.09. The second-order valence-corrected chi connectivity index (χ2v) is 9.47. The SMILES string of the molecule is Cc1cc(-c2sc(N3C[C@@H](C)O[C@@H](C)C3)nc2CNC(=O)CC2CC2)cc(C)n1. The van der Waals surface area contributed by atoms with Crippen LogP contribution in [0.5, 0.6) is 0 Å². The minimum atomic E-state index is 0.128. The van der Waals surface area contributed by atoms with E-state index in [1.54, 1.807) is 11.3 Å². The van der Waals surface area contributed by atoms with Crippen LogP contribution in [0.3, 0.4) is 0 Å². The second-order valence-electron chi connectivity index (χ2n) is 8.50. The number of anilines is 1. The fourth-order valence-corrected chi connectivity index (χ4v) is 5.05. The molecule has 0 bridgehead atoms. The molecule has 1 saturated carbocycles. The quantitative estimate of drug-likeness (QED) is 0.778. The highest BCUT2D eigenvalue weighted by atomic mass is 32.1. The van der Waals surface area contributed by atoms with Crippen LogP contribution in [0.15, 0.2) is 12.1 Å². The van der Waals surface area contributed by atoms with Gasteiger partial charge in [0.1, 0.15) is 0 Å². The average molecular weight is 415 g/mol. The molecule has 29 heavy (non-hydrogen) atoms. The third kappa shape index (κ3) is 5.14. The molecule has 6 nitrogen and oxygen atoms in total. The van der Waals surface area contributed by atoms with Crippen molar-refractivity contribution in [3.05, 3.63) is 29.2 Å². The van der Waals surface area contributed by atoms with Crippen molar-refractivity contribution in [2.75, 3.05) is 18.0 Å². The summed E-state index contributed by atoms with van der Waals surface area (Å²) in [5.41, 5.74) is 4.05. The number of carbonyl (C=O) groups excluding carboxylic acids is 1.